The van der Waals surface area contributed by atoms with Crippen LogP contribution in [0, 0.1) is 0 Å². The van der Waals surface area contributed by atoms with Crippen LogP contribution in [0.5, 0.6) is 0 Å². The highest BCUT2D eigenvalue weighted by atomic mass is 16.7. The smallest absolute Gasteiger partial charge is 0.438 e. The van der Waals surface area contributed by atoms with Gasteiger partial charge in [-0.1, -0.05) is 69.3 Å². The van der Waals surface area contributed by atoms with Crippen molar-refractivity contribution >= 4 is 12.3 Å². The van der Waals surface area contributed by atoms with E-state index in [-0.39, 0.29) is 12.7 Å². The first-order chi connectivity index (χ1) is 14.3. The molecule has 2 rings (SSSR count). The lowest BCUT2D eigenvalue weighted by molar-refractivity contribution is 0.0429. The van der Waals surface area contributed by atoms with E-state index in [2.05, 4.69) is 42.4 Å². The summed E-state index contributed by atoms with van der Waals surface area (Å²) in [5, 5.41) is 0. The molecule has 0 amide bonds. The SMILES string of the molecule is CCc1ccc(COC(=O)OC)cc1.COC(=O)OC(C)c1ccc(C(C)C)cc1. The largest absolute Gasteiger partial charge is 0.508 e. The first-order valence-electron chi connectivity index (χ1n) is 9.93. The maximum absolute atomic E-state index is 10.9. The normalized spacial score (nSPS) is 11.0. The molecule has 6 nitrogen and oxygen atoms in total. The van der Waals surface area contributed by atoms with E-state index in [0.717, 1.165) is 17.5 Å². The molecule has 0 fully saturated rings. The quantitative estimate of drug-likeness (QED) is 0.523. The Morgan fingerprint density at radius 2 is 1.27 bits per heavy atom. The van der Waals surface area contributed by atoms with Gasteiger partial charge in [-0.15, -0.1) is 0 Å². The van der Waals surface area contributed by atoms with Crippen molar-refractivity contribution in [1.82, 2.24) is 0 Å². The summed E-state index contributed by atoms with van der Waals surface area (Å²) in [7, 11) is 2.60. The van der Waals surface area contributed by atoms with Gasteiger partial charge in [-0.2, -0.15) is 0 Å². The van der Waals surface area contributed by atoms with Gasteiger partial charge in [0.15, 0.2) is 0 Å². The van der Waals surface area contributed by atoms with Gasteiger partial charge in [0.2, 0.25) is 0 Å². The number of ether oxygens (including phenoxy) is 4. The van der Waals surface area contributed by atoms with Crippen molar-refractivity contribution in [1.29, 1.82) is 0 Å². The van der Waals surface area contributed by atoms with Crippen LogP contribution in [0.25, 0.3) is 0 Å². The molecule has 0 aliphatic carbocycles. The van der Waals surface area contributed by atoms with Gasteiger partial charge in [-0.05, 0) is 41.5 Å². The van der Waals surface area contributed by atoms with Crippen LogP contribution in [0.1, 0.15) is 62.0 Å². The average molecular weight is 417 g/mol. The second-order valence-electron chi connectivity index (χ2n) is 6.95. The van der Waals surface area contributed by atoms with E-state index in [1.165, 1.54) is 25.3 Å². The Labute approximate surface area is 179 Å². The number of hydrogen-bond acceptors (Lipinski definition) is 6. The fourth-order valence-electron chi connectivity index (χ4n) is 2.48. The number of carbonyl (C=O) groups excluding carboxylic acids is 2. The fourth-order valence-corrected chi connectivity index (χ4v) is 2.48. The Morgan fingerprint density at radius 3 is 1.73 bits per heavy atom. The summed E-state index contributed by atoms with van der Waals surface area (Å²) in [6.07, 6.45) is -0.573. The van der Waals surface area contributed by atoms with Crippen LogP contribution in [0.3, 0.4) is 0 Å². The molecule has 1 atom stereocenters. The van der Waals surface area contributed by atoms with Gasteiger partial charge < -0.3 is 18.9 Å². The van der Waals surface area contributed by atoms with E-state index in [0.29, 0.717) is 5.92 Å². The van der Waals surface area contributed by atoms with E-state index >= 15 is 0 Å². The summed E-state index contributed by atoms with van der Waals surface area (Å²) in [5.41, 5.74) is 4.48. The third-order valence-corrected chi connectivity index (χ3v) is 4.47. The standard InChI is InChI=1S/C13H18O3.C11H14O3/c1-9(2)11-5-7-12(8-6-11)10(3)16-13(14)15-4;1-3-9-4-6-10(7-5-9)8-14-11(12)13-2/h5-10H,1-4H3;4-7H,3,8H2,1-2H3. The lowest BCUT2D eigenvalue weighted by atomic mass is 10.0. The van der Waals surface area contributed by atoms with E-state index < -0.39 is 12.3 Å². The van der Waals surface area contributed by atoms with Gasteiger partial charge in [-0.3, -0.25) is 0 Å². The summed E-state index contributed by atoms with van der Waals surface area (Å²) in [6, 6.07) is 16.0. The van der Waals surface area contributed by atoms with E-state index in [1.807, 2.05) is 43.3 Å². The summed E-state index contributed by atoms with van der Waals surface area (Å²) in [5.74, 6) is 0.505. The Morgan fingerprint density at radius 1 is 0.767 bits per heavy atom. The van der Waals surface area contributed by atoms with Crippen molar-refractivity contribution in [2.75, 3.05) is 14.2 Å². The molecule has 164 valence electrons. The molecule has 6 heteroatoms. The molecular weight excluding hydrogens is 384 g/mol. The Bertz CT molecular complexity index is 765. The molecule has 1 unspecified atom stereocenters. The monoisotopic (exact) mass is 416 g/mol. The molecule has 0 N–H and O–H groups in total. The third-order valence-electron chi connectivity index (χ3n) is 4.47. The highest BCUT2D eigenvalue weighted by Gasteiger charge is 2.11. The molecule has 0 aliphatic rings. The van der Waals surface area contributed by atoms with Gasteiger partial charge in [0.1, 0.15) is 12.7 Å². The van der Waals surface area contributed by atoms with Crippen molar-refractivity contribution in [2.45, 2.75) is 52.7 Å². The Balaban J connectivity index is 0.000000303. The minimum Gasteiger partial charge on any atom is -0.438 e. The molecule has 2 aromatic rings. The Hall–Kier alpha value is -3.02. The topological polar surface area (TPSA) is 71.1 Å². The molecule has 0 bridgehead atoms. The fraction of sp³-hybridized carbons (Fsp3) is 0.417. The van der Waals surface area contributed by atoms with Gasteiger partial charge in [0, 0.05) is 0 Å². The molecule has 0 aromatic heterocycles. The van der Waals surface area contributed by atoms with Crippen LogP contribution in [0.2, 0.25) is 0 Å². The number of methoxy groups -OCH3 is 2. The number of rotatable bonds is 6. The molecule has 0 spiro atoms. The van der Waals surface area contributed by atoms with Crippen molar-refractivity contribution in [3.63, 3.8) is 0 Å². The first kappa shape index (κ1) is 25.0. The van der Waals surface area contributed by atoms with Crippen LogP contribution in [0.15, 0.2) is 48.5 Å². The minimum atomic E-state index is -0.652. The van der Waals surface area contributed by atoms with Crippen molar-refractivity contribution in [3.05, 3.63) is 70.8 Å². The number of hydrogen-bond donors (Lipinski definition) is 0. The molecule has 0 heterocycles. The summed E-state index contributed by atoms with van der Waals surface area (Å²) in [4.78, 5) is 21.6. The van der Waals surface area contributed by atoms with Gasteiger partial charge in [0.05, 0.1) is 14.2 Å². The van der Waals surface area contributed by atoms with Crippen LogP contribution in [-0.2, 0) is 32.0 Å². The lowest BCUT2D eigenvalue weighted by Gasteiger charge is -2.13. The van der Waals surface area contributed by atoms with E-state index in [4.69, 9.17) is 9.47 Å². The molecule has 30 heavy (non-hydrogen) atoms. The zero-order valence-corrected chi connectivity index (χ0v) is 18.6. The minimum absolute atomic E-state index is 0.261. The van der Waals surface area contributed by atoms with Crippen molar-refractivity contribution in [3.8, 4) is 0 Å². The summed E-state index contributed by atoms with van der Waals surface area (Å²) in [6.45, 7) is 8.46. The summed E-state index contributed by atoms with van der Waals surface area (Å²) >= 11 is 0. The van der Waals surface area contributed by atoms with Crippen LogP contribution in [-0.4, -0.2) is 26.5 Å². The van der Waals surface area contributed by atoms with Gasteiger partial charge in [0.25, 0.3) is 0 Å². The van der Waals surface area contributed by atoms with Crippen LogP contribution >= 0.6 is 0 Å². The molecule has 0 saturated heterocycles. The van der Waals surface area contributed by atoms with Gasteiger partial charge >= 0.3 is 12.3 Å². The number of benzene rings is 2. The van der Waals surface area contributed by atoms with E-state index in [1.54, 1.807) is 0 Å². The van der Waals surface area contributed by atoms with Crippen LogP contribution < -0.4 is 0 Å². The molecule has 0 saturated carbocycles. The lowest BCUT2D eigenvalue weighted by Crippen LogP contribution is -2.08. The summed E-state index contributed by atoms with van der Waals surface area (Å²) < 4.78 is 18.6. The molecule has 0 radical (unpaired) electrons. The second-order valence-corrected chi connectivity index (χ2v) is 6.95. The van der Waals surface area contributed by atoms with E-state index in [9.17, 15) is 9.59 Å². The predicted octanol–water partition coefficient (Wildman–Crippen LogP) is 6.19. The number of aryl methyl sites for hydroxylation is 1. The number of carbonyl (C=O) groups is 2. The highest BCUT2D eigenvalue weighted by Crippen LogP contribution is 2.21. The van der Waals surface area contributed by atoms with Gasteiger partial charge in [-0.25, -0.2) is 9.59 Å². The molecular formula is C24H32O6. The highest BCUT2D eigenvalue weighted by molar-refractivity contribution is 5.60. The maximum Gasteiger partial charge on any atom is 0.508 e. The molecule has 2 aromatic carbocycles. The maximum atomic E-state index is 10.9. The zero-order chi connectivity index (χ0) is 22.5. The second kappa shape index (κ2) is 13.2. The predicted molar refractivity (Wildman–Crippen MR) is 115 cm³/mol. The zero-order valence-electron chi connectivity index (χ0n) is 18.6. The first-order valence-corrected chi connectivity index (χ1v) is 9.93. The average Bonchev–Trinajstić information content (AvgIpc) is 2.78. The van der Waals surface area contributed by atoms with Crippen LogP contribution in [0.4, 0.5) is 9.59 Å². The Kier molecular flexibility index (Phi) is 11.0. The van der Waals surface area contributed by atoms with Crippen molar-refractivity contribution < 1.29 is 28.5 Å². The molecule has 0 aliphatic heterocycles. The third kappa shape index (κ3) is 8.99. The van der Waals surface area contributed by atoms with Crippen molar-refractivity contribution in [2.24, 2.45) is 0 Å².